The van der Waals surface area contributed by atoms with Gasteiger partial charge in [-0.05, 0) is 40.7 Å². The van der Waals surface area contributed by atoms with Gasteiger partial charge in [0, 0.05) is 16.6 Å². The summed E-state index contributed by atoms with van der Waals surface area (Å²) < 4.78 is 26.9. The van der Waals surface area contributed by atoms with Crippen molar-refractivity contribution in [3.05, 3.63) is 62.9 Å². The molecule has 0 N–H and O–H groups in total. The molecule has 0 amide bonds. The van der Waals surface area contributed by atoms with Crippen molar-refractivity contribution in [2.45, 2.75) is 50.3 Å². The first-order chi connectivity index (χ1) is 11.1. The molecule has 0 atom stereocenters. The molecular formula is C18H22BrNO3S. The summed E-state index contributed by atoms with van der Waals surface area (Å²) in [6.45, 7) is 8.19. The van der Waals surface area contributed by atoms with Gasteiger partial charge in [-0.1, -0.05) is 49.7 Å². The standard InChI is InChI=1S/C18H22BrNO3S/c1-12(2)15-10-17(19)16(13(3)4)9-14(15)11-24(22,23)18-7-5-6-8-20(18)21/h5-10,12-13H,11H2,1-4H3. The third kappa shape index (κ3) is 3.98. The van der Waals surface area contributed by atoms with Crippen LogP contribution in [0.1, 0.15) is 56.2 Å². The first-order valence-corrected chi connectivity index (χ1v) is 10.3. The van der Waals surface area contributed by atoms with Crippen LogP contribution in [-0.2, 0) is 15.6 Å². The Kier molecular flexibility index (Phi) is 5.71. The lowest BCUT2D eigenvalue weighted by Gasteiger charge is -2.18. The van der Waals surface area contributed by atoms with E-state index in [2.05, 4.69) is 29.8 Å². The van der Waals surface area contributed by atoms with Crippen molar-refractivity contribution in [2.75, 3.05) is 0 Å². The predicted molar refractivity (Wildman–Crippen MR) is 98.6 cm³/mol. The minimum absolute atomic E-state index is 0.181. The average molecular weight is 412 g/mol. The molecule has 1 aromatic heterocycles. The van der Waals surface area contributed by atoms with Crippen LogP contribution >= 0.6 is 15.9 Å². The zero-order valence-electron chi connectivity index (χ0n) is 14.3. The minimum Gasteiger partial charge on any atom is -0.618 e. The van der Waals surface area contributed by atoms with Crippen LogP contribution in [0.2, 0.25) is 0 Å². The normalized spacial score (nSPS) is 12.1. The first kappa shape index (κ1) is 18.9. The Labute approximate surface area is 152 Å². The summed E-state index contributed by atoms with van der Waals surface area (Å²) in [4.78, 5) is 0. The van der Waals surface area contributed by atoms with Gasteiger partial charge in [-0.2, -0.15) is 4.73 Å². The first-order valence-electron chi connectivity index (χ1n) is 7.86. The molecule has 0 radical (unpaired) electrons. The Morgan fingerprint density at radius 1 is 1.08 bits per heavy atom. The lowest BCUT2D eigenvalue weighted by atomic mass is 9.93. The van der Waals surface area contributed by atoms with Crippen LogP contribution in [0.3, 0.4) is 0 Å². The zero-order chi connectivity index (χ0) is 18.1. The van der Waals surface area contributed by atoms with Crippen molar-refractivity contribution in [3.8, 4) is 0 Å². The van der Waals surface area contributed by atoms with E-state index in [1.54, 1.807) is 6.07 Å². The maximum Gasteiger partial charge on any atom is 0.308 e. The summed E-state index contributed by atoms with van der Waals surface area (Å²) in [5.74, 6) is 0.269. The van der Waals surface area contributed by atoms with Crippen molar-refractivity contribution in [2.24, 2.45) is 0 Å². The van der Waals surface area contributed by atoms with Gasteiger partial charge in [0.2, 0.25) is 9.84 Å². The van der Waals surface area contributed by atoms with Gasteiger partial charge in [0.15, 0.2) is 6.20 Å². The van der Waals surface area contributed by atoms with Gasteiger partial charge in [-0.25, -0.2) is 8.42 Å². The van der Waals surface area contributed by atoms with Gasteiger partial charge < -0.3 is 5.21 Å². The second kappa shape index (κ2) is 7.23. The maximum atomic E-state index is 12.7. The molecule has 2 aromatic rings. The molecule has 0 spiro atoms. The van der Waals surface area contributed by atoms with E-state index in [0.29, 0.717) is 4.73 Å². The van der Waals surface area contributed by atoms with Gasteiger partial charge >= 0.3 is 5.03 Å². The minimum atomic E-state index is -3.72. The fourth-order valence-electron chi connectivity index (χ4n) is 2.69. The fourth-order valence-corrected chi connectivity index (χ4v) is 4.94. The topological polar surface area (TPSA) is 61.1 Å². The molecule has 2 rings (SSSR count). The van der Waals surface area contributed by atoms with Crippen LogP contribution in [0.4, 0.5) is 0 Å². The van der Waals surface area contributed by atoms with E-state index in [0.717, 1.165) is 21.2 Å². The highest BCUT2D eigenvalue weighted by Gasteiger charge is 2.26. The van der Waals surface area contributed by atoms with E-state index < -0.39 is 9.84 Å². The highest BCUT2D eigenvalue weighted by Crippen LogP contribution is 2.33. The Bertz CT molecular complexity index is 845. The number of halogens is 1. The van der Waals surface area contributed by atoms with Gasteiger partial charge in [-0.3, -0.25) is 0 Å². The number of rotatable bonds is 5. The Morgan fingerprint density at radius 3 is 2.25 bits per heavy atom. The number of benzene rings is 1. The lowest BCUT2D eigenvalue weighted by Crippen LogP contribution is -2.33. The Morgan fingerprint density at radius 2 is 1.71 bits per heavy atom. The quantitative estimate of drug-likeness (QED) is 0.543. The molecule has 130 valence electrons. The number of nitrogens with zero attached hydrogens (tertiary/aromatic N) is 1. The van der Waals surface area contributed by atoms with E-state index >= 15 is 0 Å². The van der Waals surface area contributed by atoms with Crippen LogP contribution in [0.15, 0.2) is 46.0 Å². The molecule has 0 unspecified atom stereocenters. The van der Waals surface area contributed by atoms with Crippen molar-refractivity contribution in [1.29, 1.82) is 0 Å². The monoisotopic (exact) mass is 411 g/mol. The number of sulfone groups is 1. The summed E-state index contributed by atoms with van der Waals surface area (Å²) >= 11 is 3.58. The van der Waals surface area contributed by atoms with E-state index in [-0.39, 0.29) is 22.6 Å². The van der Waals surface area contributed by atoms with E-state index in [4.69, 9.17) is 0 Å². The molecule has 0 aliphatic carbocycles. The van der Waals surface area contributed by atoms with Gasteiger partial charge in [-0.15, -0.1) is 0 Å². The fraction of sp³-hybridized carbons (Fsp3) is 0.389. The van der Waals surface area contributed by atoms with Crippen LogP contribution in [0.25, 0.3) is 0 Å². The molecule has 1 heterocycles. The molecule has 0 aliphatic rings. The van der Waals surface area contributed by atoms with E-state index in [1.165, 1.54) is 18.3 Å². The molecular weight excluding hydrogens is 390 g/mol. The third-order valence-electron chi connectivity index (χ3n) is 3.96. The number of hydrogen-bond donors (Lipinski definition) is 0. The number of hydrogen-bond acceptors (Lipinski definition) is 3. The summed E-state index contributed by atoms with van der Waals surface area (Å²) in [7, 11) is -3.72. The summed E-state index contributed by atoms with van der Waals surface area (Å²) in [6, 6.07) is 8.37. The highest BCUT2D eigenvalue weighted by molar-refractivity contribution is 9.10. The van der Waals surface area contributed by atoms with Gasteiger partial charge in [0.25, 0.3) is 0 Å². The van der Waals surface area contributed by atoms with Crippen LogP contribution in [-0.4, -0.2) is 8.42 Å². The predicted octanol–water partition coefficient (Wildman–Crippen LogP) is 4.30. The molecule has 0 saturated heterocycles. The second-order valence-electron chi connectivity index (χ2n) is 6.51. The average Bonchev–Trinajstić information content (AvgIpc) is 2.48. The molecule has 6 heteroatoms. The lowest BCUT2D eigenvalue weighted by molar-refractivity contribution is -0.646. The van der Waals surface area contributed by atoms with Crippen LogP contribution in [0.5, 0.6) is 0 Å². The zero-order valence-corrected chi connectivity index (χ0v) is 16.7. The smallest absolute Gasteiger partial charge is 0.308 e. The third-order valence-corrected chi connectivity index (χ3v) is 6.29. The molecule has 0 saturated carbocycles. The second-order valence-corrected chi connectivity index (χ2v) is 9.30. The van der Waals surface area contributed by atoms with Crippen molar-refractivity contribution < 1.29 is 13.1 Å². The molecule has 4 nitrogen and oxygen atoms in total. The molecule has 0 aliphatic heterocycles. The van der Waals surface area contributed by atoms with E-state index in [1.807, 2.05) is 26.0 Å². The number of pyridine rings is 1. The van der Waals surface area contributed by atoms with Crippen molar-refractivity contribution in [3.63, 3.8) is 0 Å². The summed E-state index contributed by atoms with van der Waals surface area (Å²) in [5, 5.41) is 11.6. The Balaban J connectivity index is 2.56. The summed E-state index contributed by atoms with van der Waals surface area (Å²) in [6.07, 6.45) is 1.21. The van der Waals surface area contributed by atoms with Crippen LogP contribution in [0, 0.1) is 5.21 Å². The van der Waals surface area contributed by atoms with Crippen molar-refractivity contribution in [1.82, 2.24) is 0 Å². The van der Waals surface area contributed by atoms with E-state index in [9.17, 15) is 13.6 Å². The van der Waals surface area contributed by atoms with Gasteiger partial charge in [0.1, 0.15) is 0 Å². The maximum absolute atomic E-state index is 12.7. The molecule has 24 heavy (non-hydrogen) atoms. The molecule has 1 aromatic carbocycles. The molecule has 0 fully saturated rings. The van der Waals surface area contributed by atoms with Gasteiger partial charge in [0.05, 0.1) is 5.75 Å². The molecule has 0 bridgehead atoms. The SMILES string of the molecule is CC(C)c1cc(CS(=O)(=O)c2cccc[n+]2[O-])c(C(C)C)cc1Br. The van der Waals surface area contributed by atoms with Crippen LogP contribution < -0.4 is 4.73 Å². The van der Waals surface area contributed by atoms with Crippen molar-refractivity contribution >= 4 is 25.8 Å². The summed E-state index contributed by atoms with van der Waals surface area (Å²) in [5.41, 5.74) is 2.79. The largest absolute Gasteiger partial charge is 0.618 e. The number of aromatic nitrogens is 1. The highest BCUT2D eigenvalue weighted by atomic mass is 79.9. The Hall–Kier alpha value is -1.40.